The first-order valence-electron chi connectivity index (χ1n) is 18.3. The Morgan fingerprint density at radius 2 is 1.78 bits per heavy atom. The van der Waals surface area contributed by atoms with Crippen LogP contribution in [-0.4, -0.2) is 77.3 Å². The molecule has 2 aromatic carbocycles. The van der Waals surface area contributed by atoms with Gasteiger partial charge in [0.25, 0.3) is 11.8 Å². The maximum atomic E-state index is 15.3. The van der Waals surface area contributed by atoms with Gasteiger partial charge in [-0.25, -0.2) is 4.39 Å². The molecule has 1 atom stereocenters. The third-order valence-electron chi connectivity index (χ3n) is 10.3. The first kappa shape index (κ1) is 39.0. The van der Waals surface area contributed by atoms with Crippen molar-refractivity contribution in [2.75, 3.05) is 31.6 Å². The predicted molar refractivity (Wildman–Crippen MR) is 194 cm³/mol. The van der Waals surface area contributed by atoms with Crippen LogP contribution in [0.1, 0.15) is 101 Å². The van der Waals surface area contributed by atoms with Gasteiger partial charge in [-0.05, 0) is 106 Å². The lowest BCUT2D eigenvalue weighted by Gasteiger charge is -2.32. The van der Waals surface area contributed by atoms with Crippen molar-refractivity contribution >= 4 is 40.9 Å². The van der Waals surface area contributed by atoms with Gasteiger partial charge in [-0.3, -0.25) is 29.5 Å². The summed E-state index contributed by atoms with van der Waals surface area (Å²) in [7, 11) is 0. The highest BCUT2D eigenvalue weighted by molar-refractivity contribution is 6.34. The molecule has 288 valence electrons. The number of halogens is 4. The number of carbonyl (C=O) groups is 4. The number of hydrogen-bond acceptors (Lipinski definition) is 8. The molecule has 0 radical (unpaired) electrons. The van der Waals surface area contributed by atoms with E-state index in [1.807, 2.05) is 0 Å². The Morgan fingerprint density at radius 1 is 1.02 bits per heavy atom. The predicted octanol–water partition coefficient (Wildman–Crippen LogP) is 7.01. The molecular weight excluding hydrogens is 727 g/mol. The molecule has 54 heavy (non-hydrogen) atoms. The molecule has 2 N–H and O–H groups in total. The Kier molecular flexibility index (Phi) is 12.7. The standard InChI is InChI=1S/C39H43ClF3N5O6/c1-23-20-44-21-29(40)35(23)46-36(50)25-7-9-32(54-39(42)43)33(18-25)53-16-6-4-2-3-5-13-47-14-11-24(12-15-47)27-17-26-22-48(38(52)28(26)19-30(27)41)31-8-10-34(49)45-37(31)51/h7,9,17-21,24,31,39H,2-6,8,10-16,22H2,1H3,(H,44,46,50)(H,45,49,51). The van der Waals surface area contributed by atoms with Gasteiger partial charge in [0.05, 0.1) is 17.3 Å². The lowest BCUT2D eigenvalue weighted by atomic mass is 9.87. The Labute approximate surface area is 316 Å². The van der Waals surface area contributed by atoms with Crippen LogP contribution in [0, 0.1) is 12.7 Å². The summed E-state index contributed by atoms with van der Waals surface area (Å²) < 4.78 is 51.8. The van der Waals surface area contributed by atoms with Crippen LogP contribution in [0.25, 0.3) is 0 Å². The molecule has 4 heterocycles. The largest absolute Gasteiger partial charge is 0.490 e. The molecular formula is C39H43ClF3N5O6. The van der Waals surface area contributed by atoms with E-state index in [1.54, 1.807) is 19.2 Å². The Hall–Kier alpha value is -4.69. The van der Waals surface area contributed by atoms with Crippen LogP contribution < -0.4 is 20.1 Å². The smallest absolute Gasteiger partial charge is 0.387 e. The monoisotopic (exact) mass is 769 g/mol. The molecule has 1 unspecified atom stereocenters. The van der Waals surface area contributed by atoms with Crippen molar-refractivity contribution in [3.05, 3.63) is 81.4 Å². The molecule has 3 aromatic rings. The molecule has 3 aliphatic rings. The quantitative estimate of drug-likeness (QED) is 0.125. The second-order valence-electron chi connectivity index (χ2n) is 14.0. The fourth-order valence-electron chi connectivity index (χ4n) is 7.37. The molecule has 0 bridgehead atoms. The number of nitrogens with one attached hydrogen (secondary N) is 2. The summed E-state index contributed by atoms with van der Waals surface area (Å²) in [6.07, 6.45) is 9.53. The van der Waals surface area contributed by atoms with Crippen LogP contribution in [0.4, 0.5) is 18.9 Å². The average Bonchev–Trinajstić information content (AvgIpc) is 3.45. The molecule has 0 spiro atoms. The molecule has 1 aromatic heterocycles. The van der Waals surface area contributed by atoms with Gasteiger partial charge in [0.1, 0.15) is 11.9 Å². The fourth-order valence-corrected chi connectivity index (χ4v) is 7.62. The second kappa shape index (κ2) is 17.6. The fraction of sp³-hybridized carbons (Fsp3) is 0.462. The molecule has 15 heteroatoms. The number of ether oxygens (including phenoxy) is 2. The number of aromatic nitrogens is 1. The zero-order chi connectivity index (χ0) is 38.4. The molecule has 0 aliphatic carbocycles. The number of unbranched alkanes of at least 4 members (excludes halogenated alkanes) is 4. The van der Waals surface area contributed by atoms with Crippen molar-refractivity contribution in [3.8, 4) is 11.5 Å². The SMILES string of the molecule is Cc1cncc(Cl)c1NC(=O)c1ccc(OC(F)F)c(OCCCCCCCN2CCC(c3cc4c(cc3F)C(=O)N(C3CCC(=O)NC3=O)C4)CC2)c1. The average molecular weight is 770 g/mol. The summed E-state index contributed by atoms with van der Waals surface area (Å²) in [6.45, 7) is 1.79. The molecule has 0 saturated carbocycles. The molecule has 11 nitrogen and oxygen atoms in total. The van der Waals surface area contributed by atoms with Crippen LogP contribution in [-0.2, 0) is 16.1 Å². The number of rotatable bonds is 15. The van der Waals surface area contributed by atoms with E-state index >= 15 is 4.39 Å². The number of benzene rings is 2. The Morgan fingerprint density at radius 3 is 2.52 bits per heavy atom. The van der Waals surface area contributed by atoms with E-state index < -0.39 is 30.3 Å². The van der Waals surface area contributed by atoms with E-state index in [0.717, 1.165) is 63.7 Å². The van der Waals surface area contributed by atoms with Crippen molar-refractivity contribution in [2.24, 2.45) is 0 Å². The number of nitrogens with zero attached hydrogens (tertiary/aromatic N) is 3. The highest BCUT2D eigenvalue weighted by Crippen LogP contribution is 2.36. The molecule has 2 fully saturated rings. The summed E-state index contributed by atoms with van der Waals surface area (Å²) in [5.41, 5.74) is 2.88. The van der Waals surface area contributed by atoms with Crippen molar-refractivity contribution < 1.29 is 41.8 Å². The van der Waals surface area contributed by atoms with Gasteiger partial charge in [0, 0.05) is 36.5 Å². The normalized spacial score (nSPS) is 17.9. The highest BCUT2D eigenvalue weighted by atomic mass is 35.5. The van der Waals surface area contributed by atoms with Crippen molar-refractivity contribution in [3.63, 3.8) is 0 Å². The molecule has 6 rings (SSSR count). The molecule has 2 saturated heterocycles. The van der Waals surface area contributed by atoms with Gasteiger partial charge in [-0.1, -0.05) is 36.9 Å². The topological polar surface area (TPSA) is 130 Å². The number of amides is 4. The van der Waals surface area contributed by atoms with Gasteiger partial charge >= 0.3 is 6.61 Å². The summed E-state index contributed by atoms with van der Waals surface area (Å²) >= 11 is 6.18. The van der Waals surface area contributed by atoms with Gasteiger partial charge in [-0.15, -0.1) is 0 Å². The van der Waals surface area contributed by atoms with Crippen molar-refractivity contribution in [2.45, 2.75) is 89.8 Å². The Balaban J connectivity index is 0.905. The summed E-state index contributed by atoms with van der Waals surface area (Å²) in [5.74, 6) is -2.17. The number of likely N-dealkylation sites (tertiary alicyclic amines) is 1. The number of imide groups is 1. The number of hydrogen-bond donors (Lipinski definition) is 2. The number of piperidine rings is 2. The lowest BCUT2D eigenvalue weighted by molar-refractivity contribution is -0.136. The summed E-state index contributed by atoms with van der Waals surface area (Å²) in [5, 5.41) is 5.30. The van der Waals surface area contributed by atoms with Crippen molar-refractivity contribution in [1.82, 2.24) is 20.1 Å². The second-order valence-corrected chi connectivity index (χ2v) is 14.4. The van der Waals surface area contributed by atoms with Crippen LogP contribution in [0.3, 0.4) is 0 Å². The lowest BCUT2D eigenvalue weighted by Crippen LogP contribution is -2.52. The highest BCUT2D eigenvalue weighted by Gasteiger charge is 2.40. The minimum absolute atomic E-state index is 0.0390. The maximum Gasteiger partial charge on any atom is 0.387 e. The van der Waals surface area contributed by atoms with E-state index in [9.17, 15) is 28.0 Å². The van der Waals surface area contributed by atoms with E-state index in [-0.39, 0.29) is 71.4 Å². The number of fused-ring (bicyclic) bond motifs is 1. The summed E-state index contributed by atoms with van der Waals surface area (Å²) in [4.78, 5) is 57.7. The van der Waals surface area contributed by atoms with Crippen LogP contribution in [0.15, 0.2) is 42.7 Å². The van der Waals surface area contributed by atoms with E-state index in [1.165, 1.54) is 35.4 Å². The van der Waals surface area contributed by atoms with Crippen molar-refractivity contribution in [1.29, 1.82) is 0 Å². The maximum absolute atomic E-state index is 15.3. The Bertz CT molecular complexity index is 1870. The zero-order valence-corrected chi connectivity index (χ0v) is 30.7. The number of carbonyl (C=O) groups excluding carboxylic acids is 4. The van der Waals surface area contributed by atoms with E-state index in [0.29, 0.717) is 23.2 Å². The van der Waals surface area contributed by atoms with E-state index in [4.69, 9.17) is 16.3 Å². The summed E-state index contributed by atoms with van der Waals surface area (Å²) in [6, 6.07) is 6.40. The van der Waals surface area contributed by atoms with Crippen LogP contribution in [0.5, 0.6) is 11.5 Å². The minimum Gasteiger partial charge on any atom is -0.490 e. The van der Waals surface area contributed by atoms with E-state index in [2.05, 4.69) is 25.3 Å². The number of pyridine rings is 1. The number of aryl methyl sites for hydroxylation is 1. The zero-order valence-electron chi connectivity index (χ0n) is 30.0. The molecule has 3 aliphatic heterocycles. The number of alkyl halides is 2. The third-order valence-corrected chi connectivity index (χ3v) is 10.6. The first-order chi connectivity index (χ1) is 26.0. The molecule has 4 amide bonds. The minimum atomic E-state index is -3.05. The van der Waals surface area contributed by atoms with Crippen LogP contribution in [0.2, 0.25) is 5.02 Å². The van der Waals surface area contributed by atoms with Gasteiger partial charge in [-0.2, -0.15) is 8.78 Å². The van der Waals surface area contributed by atoms with Gasteiger partial charge in [0.15, 0.2) is 11.5 Å². The van der Waals surface area contributed by atoms with Gasteiger partial charge in [0.2, 0.25) is 11.8 Å². The number of anilines is 1. The third kappa shape index (κ3) is 9.33. The van der Waals surface area contributed by atoms with Crippen LogP contribution >= 0.6 is 11.6 Å². The first-order valence-corrected chi connectivity index (χ1v) is 18.7. The van der Waals surface area contributed by atoms with Gasteiger partial charge < -0.3 is 24.6 Å².